The van der Waals surface area contributed by atoms with E-state index >= 15 is 0 Å². The number of nitrogens with one attached hydrogen (secondary N) is 1. The molecule has 0 aromatic carbocycles. The van der Waals surface area contributed by atoms with Crippen LogP contribution >= 0.6 is 0 Å². The smallest absolute Gasteiger partial charge is 0.325 e. The molecule has 0 radical (unpaired) electrons. The summed E-state index contributed by atoms with van der Waals surface area (Å²) in [6.45, 7) is 8.73. The Kier molecular flexibility index (Phi) is 4.60. The predicted molar refractivity (Wildman–Crippen MR) is 70.7 cm³/mol. The van der Waals surface area contributed by atoms with Crippen LogP contribution in [0.15, 0.2) is 17.2 Å². The van der Waals surface area contributed by atoms with E-state index in [1.165, 1.54) is 0 Å². The van der Waals surface area contributed by atoms with Gasteiger partial charge in [-0.1, -0.05) is 13.8 Å². The molecule has 0 amide bonds. The average Bonchev–Trinajstić information content (AvgIpc) is 2.73. The summed E-state index contributed by atoms with van der Waals surface area (Å²) in [7, 11) is 0. The maximum absolute atomic E-state index is 11.4. The van der Waals surface area contributed by atoms with Gasteiger partial charge in [0, 0.05) is 38.1 Å². The number of ether oxygens (including phenoxy) is 1. The van der Waals surface area contributed by atoms with Crippen molar-refractivity contribution in [2.24, 2.45) is 5.92 Å². The lowest BCUT2D eigenvalue weighted by Gasteiger charge is -2.36. The molecule has 1 aromatic heterocycles. The third-order valence-electron chi connectivity index (χ3n) is 3.44. The molecule has 5 nitrogen and oxygen atoms in total. The van der Waals surface area contributed by atoms with Gasteiger partial charge in [0.15, 0.2) is 0 Å². The highest BCUT2D eigenvalue weighted by molar-refractivity contribution is 4.79. The van der Waals surface area contributed by atoms with E-state index in [0.717, 1.165) is 39.3 Å². The molecule has 0 spiro atoms. The minimum atomic E-state index is -0.0244. The third kappa shape index (κ3) is 3.46. The summed E-state index contributed by atoms with van der Waals surface area (Å²) in [6.07, 6.45) is 4.65. The Morgan fingerprint density at radius 3 is 3.00 bits per heavy atom. The van der Waals surface area contributed by atoms with Gasteiger partial charge in [-0.05, 0) is 12.3 Å². The Balaban J connectivity index is 1.89. The first-order valence-corrected chi connectivity index (χ1v) is 6.72. The topological polar surface area (TPSA) is 50.3 Å². The molecule has 18 heavy (non-hydrogen) atoms. The number of nitrogens with zero attached hydrogens (tertiary/aromatic N) is 2. The van der Waals surface area contributed by atoms with Gasteiger partial charge in [-0.3, -0.25) is 9.47 Å². The summed E-state index contributed by atoms with van der Waals surface area (Å²) in [4.78, 5) is 16.5. The Morgan fingerprint density at radius 1 is 1.50 bits per heavy atom. The highest BCUT2D eigenvalue weighted by Gasteiger charge is 2.23. The zero-order valence-electron chi connectivity index (χ0n) is 11.3. The summed E-state index contributed by atoms with van der Waals surface area (Å²) in [5.41, 5.74) is -0.0244. The number of imidazole rings is 1. The van der Waals surface area contributed by atoms with Crippen molar-refractivity contribution in [3.8, 4) is 0 Å². The molecule has 1 aromatic rings. The molecule has 0 aliphatic carbocycles. The van der Waals surface area contributed by atoms with Crippen LogP contribution in [0.25, 0.3) is 0 Å². The second-order valence-corrected chi connectivity index (χ2v) is 5.35. The van der Waals surface area contributed by atoms with Crippen molar-refractivity contribution >= 4 is 0 Å². The quantitative estimate of drug-likeness (QED) is 0.849. The maximum Gasteiger partial charge on any atom is 0.325 e. The van der Waals surface area contributed by atoms with Gasteiger partial charge in [0.25, 0.3) is 0 Å². The Hall–Kier alpha value is -1.07. The lowest BCUT2D eigenvalue weighted by atomic mass is 10.0. The van der Waals surface area contributed by atoms with Crippen molar-refractivity contribution < 1.29 is 4.74 Å². The van der Waals surface area contributed by atoms with Crippen molar-refractivity contribution in [2.45, 2.75) is 32.9 Å². The number of hydrogen-bond acceptors (Lipinski definition) is 3. The number of rotatable bonds is 5. The first-order chi connectivity index (χ1) is 8.66. The molecule has 2 rings (SSSR count). The van der Waals surface area contributed by atoms with E-state index in [1.807, 2.05) is 0 Å². The van der Waals surface area contributed by atoms with E-state index in [0.29, 0.717) is 12.0 Å². The van der Waals surface area contributed by atoms with Crippen molar-refractivity contribution in [3.05, 3.63) is 22.9 Å². The second kappa shape index (κ2) is 6.20. The van der Waals surface area contributed by atoms with Gasteiger partial charge < -0.3 is 9.72 Å². The molecule has 102 valence electrons. The average molecular weight is 253 g/mol. The van der Waals surface area contributed by atoms with E-state index in [2.05, 4.69) is 23.7 Å². The first kappa shape index (κ1) is 13.4. The van der Waals surface area contributed by atoms with Crippen molar-refractivity contribution in [1.82, 2.24) is 14.5 Å². The van der Waals surface area contributed by atoms with Gasteiger partial charge in [0.05, 0.1) is 13.2 Å². The standard InChI is InChI=1S/C13H23N3O2/c1-11(2)9-12-10-18-8-7-15(12)5-6-16-4-3-14-13(16)17/h3-4,11-12H,5-10H2,1-2H3,(H,14,17)/t12-/m1/s1. The summed E-state index contributed by atoms with van der Waals surface area (Å²) in [5.74, 6) is 0.675. The molecule has 1 aliphatic heterocycles. The van der Waals surface area contributed by atoms with Crippen LogP contribution in [-0.4, -0.2) is 46.8 Å². The normalized spacial score (nSPS) is 21.6. The van der Waals surface area contributed by atoms with Crippen LogP contribution in [0.3, 0.4) is 0 Å². The molecular formula is C13H23N3O2. The minimum Gasteiger partial charge on any atom is -0.378 e. The number of aromatic amines is 1. The van der Waals surface area contributed by atoms with E-state index in [9.17, 15) is 4.79 Å². The van der Waals surface area contributed by atoms with Crippen LogP contribution in [0.5, 0.6) is 0 Å². The van der Waals surface area contributed by atoms with Crippen LogP contribution in [0.2, 0.25) is 0 Å². The van der Waals surface area contributed by atoms with E-state index in [4.69, 9.17) is 4.74 Å². The van der Waals surface area contributed by atoms with Gasteiger partial charge >= 0.3 is 5.69 Å². The molecule has 1 aliphatic rings. The van der Waals surface area contributed by atoms with Crippen molar-refractivity contribution in [1.29, 1.82) is 0 Å². The fraction of sp³-hybridized carbons (Fsp3) is 0.769. The predicted octanol–water partition coefficient (Wildman–Crippen LogP) is 0.923. The number of H-pyrrole nitrogens is 1. The molecule has 1 N–H and O–H groups in total. The third-order valence-corrected chi connectivity index (χ3v) is 3.44. The summed E-state index contributed by atoms with van der Waals surface area (Å²) < 4.78 is 7.28. The fourth-order valence-electron chi connectivity index (χ4n) is 2.51. The molecule has 1 atom stereocenters. The molecule has 0 bridgehead atoms. The zero-order chi connectivity index (χ0) is 13.0. The lowest BCUT2D eigenvalue weighted by molar-refractivity contribution is -0.0159. The maximum atomic E-state index is 11.4. The van der Waals surface area contributed by atoms with Crippen LogP contribution in [-0.2, 0) is 11.3 Å². The van der Waals surface area contributed by atoms with Crippen LogP contribution in [0.4, 0.5) is 0 Å². The SMILES string of the molecule is CC(C)C[C@@H]1COCCN1CCn1cc[nH]c1=O. The van der Waals surface area contributed by atoms with E-state index in [1.54, 1.807) is 17.0 Å². The monoisotopic (exact) mass is 253 g/mol. The molecular weight excluding hydrogens is 230 g/mol. The summed E-state index contributed by atoms with van der Waals surface area (Å²) >= 11 is 0. The van der Waals surface area contributed by atoms with E-state index < -0.39 is 0 Å². The lowest BCUT2D eigenvalue weighted by Crippen LogP contribution is -2.47. The molecule has 0 unspecified atom stereocenters. The van der Waals surface area contributed by atoms with Crippen LogP contribution < -0.4 is 5.69 Å². The summed E-state index contributed by atoms with van der Waals surface area (Å²) in [6, 6.07) is 0.494. The number of hydrogen-bond donors (Lipinski definition) is 1. The van der Waals surface area contributed by atoms with Crippen molar-refractivity contribution in [2.75, 3.05) is 26.3 Å². The van der Waals surface area contributed by atoms with Crippen LogP contribution in [0.1, 0.15) is 20.3 Å². The molecule has 5 heteroatoms. The second-order valence-electron chi connectivity index (χ2n) is 5.35. The van der Waals surface area contributed by atoms with Gasteiger partial charge in [-0.2, -0.15) is 0 Å². The van der Waals surface area contributed by atoms with Crippen LogP contribution in [0, 0.1) is 5.92 Å². The zero-order valence-corrected chi connectivity index (χ0v) is 11.3. The molecule has 0 saturated carbocycles. The Labute approximate surface area is 108 Å². The number of aromatic nitrogens is 2. The van der Waals surface area contributed by atoms with Gasteiger partial charge in [-0.15, -0.1) is 0 Å². The Bertz CT molecular complexity index is 410. The molecule has 1 saturated heterocycles. The Morgan fingerprint density at radius 2 is 2.33 bits per heavy atom. The van der Waals surface area contributed by atoms with E-state index in [-0.39, 0.29) is 5.69 Å². The highest BCUT2D eigenvalue weighted by atomic mass is 16.5. The number of morpholine rings is 1. The molecule has 1 fully saturated rings. The van der Waals surface area contributed by atoms with Crippen molar-refractivity contribution in [3.63, 3.8) is 0 Å². The summed E-state index contributed by atoms with van der Waals surface area (Å²) in [5, 5.41) is 0. The van der Waals surface area contributed by atoms with Gasteiger partial charge in [0.1, 0.15) is 0 Å². The first-order valence-electron chi connectivity index (χ1n) is 6.72. The van der Waals surface area contributed by atoms with Gasteiger partial charge in [-0.25, -0.2) is 4.79 Å². The fourth-order valence-corrected chi connectivity index (χ4v) is 2.51. The largest absolute Gasteiger partial charge is 0.378 e. The van der Waals surface area contributed by atoms with Gasteiger partial charge in [0.2, 0.25) is 0 Å². The minimum absolute atomic E-state index is 0.0244. The molecule has 2 heterocycles. The highest BCUT2D eigenvalue weighted by Crippen LogP contribution is 2.15.